The largest absolute Gasteiger partial charge is 0.354 e. The summed E-state index contributed by atoms with van der Waals surface area (Å²) in [4.78, 5) is 12.2. The van der Waals surface area contributed by atoms with Gasteiger partial charge in [0.25, 0.3) is 0 Å². The molecule has 0 aliphatic heterocycles. The van der Waals surface area contributed by atoms with Crippen LogP contribution in [-0.4, -0.2) is 17.8 Å². The topological polar surface area (TPSA) is 29.1 Å². The predicted octanol–water partition coefficient (Wildman–Crippen LogP) is 3.58. The molecule has 2 nitrogen and oxygen atoms in total. The van der Waals surface area contributed by atoms with Gasteiger partial charge in [-0.25, -0.2) is 0 Å². The van der Waals surface area contributed by atoms with Crippen molar-refractivity contribution < 1.29 is 4.79 Å². The van der Waals surface area contributed by atoms with Gasteiger partial charge in [-0.05, 0) is 37.0 Å². The Morgan fingerprint density at radius 3 is 2.50 bits per heavy atom. The Morgan fingerprint density at radius 1 is 1.28 bits per heavy atom. The number of halogens is 1. The van der Waals surface area contributed by atoms with Gasteiger partial charge in [0.05, 0.1) is 5.38 Å². The molecule has 104 valence electrons. The number of hydrogen-bond donors (Lipinski definition) is 1. The molecule has 0 saturated heterocycles. The van der Waals surface area contributed by atoms with E-state index >= 15 is 0 Å². The van der Waals surface area contributed by atoms with Gasteiger partial charge < -0.3 is 5.32 Å². The number of fused-ring (bicyclic) bond motifs is 2. The summed E-state index contributed by atoms with van der Waals surface area (Å²) in [6, 6.07) is 0. The molecule has 2 bridgehead atoms. The number of carbonyl (C=O) groups is 1. The lowest BCUT2D eigenvalue weighted by Gasteiger charge is -2.23. The van der Waals surface area contributed by atoms with Gasteiger partial charge in [-0.2, -0.15) is 0 Å². The van der Waals surface area contributed by atoms with Crippen LogP contribution in [0.25, 0.3) is 0 Å². The molecule has 0 spiro atoms. The van der Waals surface area contributed by atoms with E-state index in [0.29, 0.717) is 18.4 Å². The molecule has 2 saturated carbocycles. The van der Waals surface area contributed by atoms with Crippen LogP contribution >= 0.6 is 11.6 Å². The second kappa shape index (κ2) is 6.27. The summed E-state index contributed by atoms with van der Waals surface area (Å²) in [7, 11) is 0. The SMILES string of the molecule is CCC(CC)C(Cl)CNC(=O)C1CC2CCC1C2. The maximum atomic E-state index is 12.2. The van der Waals surface area contributed by atoms with Crippen LogP contribution in [0, 0.1) is 23.7 Å². The molecule has 0 aromatic rings. The first-order chi connectivity index (χ1) is 8.65. The van der Waals surface area contributed by atoms with Gasteiger partial charge in [0.15, 0.2) is 0 Å². The fourth-order valence-electron chi connectivity index (χ4n) is 3.86. The van der Waals surface area contributed by atoms with Crippen LogP contribution in [0.3, 0.4) is 0 Å². The Kier molecular flexibility index (Phi) is 4.94. The predicted molar refractivity (Wildman–Crippen MR) is 75.7 cm³/mol. The second-order valence-electron chi connectivity index (χ2n) is 6.12. The van der Waals surface area contributed by atoms with Crippen molar-refractivity contribution in [2.45, 2.75) is 57.7 Å². The first kappa shape index (κ1) is 14.2. The molecule has 0 aromatic carbocycles. The molecule has 2 fully saturated rings. The number of rotatable bonds is 6. The van der Waals surface area contributed by atoms with Crippen molar-refractivity contribution in [3.63, 3.8) is 0 Å². The Morgan fingerprint density at radius 2 is 2.00 bits per heavy atom. The van der Waals surface area contributed by atoms with E-state index < -0.39 is 0 Å². The molecule has 2 aliphatic rings. The number of hydrogen-bond acceptors (Lipinski definition) is 1. The third-order valence-corrected chi connectivity index (χ3v) is 5.62. The minimum Gasteiger partial charge on any atom is -0.354 e. The fraction of sp³-hybridized carbons (Fsp3) is 0.933. The highest BCUT2D eigenvalue weighted by Crippen LogP contribution is 2.48. The summed E-state index contributed by atoms with van der Waals surface area (Å²) in [5, 5.41) is 3.17. The van der Waals surface area contributed by atoms with Crippen molar-refractivity contribution in [3.05, 3.63) is 0 Å². The zero-order chi connectivity index (χ0) is 13.1. The summed E-state index contributed by atoms with van der Waals surface area (Å²) in [6.07, 6.45) is 7.20. The monoisotopic (exact) mass is 271 g/mol. The average Bonchev–Trinajstić information content (AvgIpc) is 2.99. The van der Waals surface area contributed by atoms with E-state index in [4.69, 9.17) is 11.6 Å². The van der Waals surface area contributed by atoms with E-state index in [0.717, 1.165) is 25.2 Å². The minimum atomic E-state index is 0.0857. The Bertz CT molecular complexity index is 290. The molecule has 18 heavy (non-hydrogen) atoms. The molecule has 3 heteroatoms. The van der Waals surface area contributed by atoms with Gasteiger partial charge in [0.1, 0.15) is 0 Å². The second-order valence-corrected chi connectivity index (χ2v) is 6.68. The van der Waals surface area contributed by atoms with Gasteiger partial charge in [-0.15, -0.1) is 11.6 Å². The van der Waals surface area contributed by atoms with E-state index in [1.807, 2.05) is 0 Å². The van der Waals surface area contributed by atoms with Gasteiger partial charge in [0, 0.05) is 12.5 Å². The van der Waals surface area contributed by atoms with Crippen LogP contribution in [0.15, 0.2) is 0 Å². The highest BCUT2D eigenvalue weighted by molar-refractivity contribution is 6.21. The highest BCUT2D eigenvalue weighted by atomic mass is 35.5. The molecule has 4 unspecified atom stereocenters. The fourth-order valence-corrected chi connectivity index (χ4v) is 4.30. The first-order valence-corrected chi connectivity index (χ1v) is 8.01. The zero-order valence-corrected chi connectivity index (χ0v) is 12.4. The first-order valence-electron chi connectivity index (χ1n) is 7.57. The van der Waals surface area contributed by atoms with Crippen molar-refractivity contribution in [2.75, 3.05) is 6.54 Å². The highest BCUT2D eigenvalue weighted by Gasteiger charge is 2.42. The average molecular weight is 272 g/mol. The maximum absolute atomic E-state index is 12.2. The van der Waals surface area contributed by atoms with Crippen LogP contribution in [-0.2, 0) is 4.79 Å². The van der Waals surface area contributed by atoms with Gasteiger partial charge in [-0.1, -0.05) is 33.1 Å². The number of nitrogens with one attached hydrogen (secondary N) is 1. The van der Waals surface area contributed by atoms with Crippen molar-refractivity contribution in [2.24, 2.45) is 23.7 Å². The summed E-state index contributed by atoms with van der Waals surface area (Å²) >= 11 is 6.36. The molecule has 0 radical (unpaired) electrons. The van der Waals surface area contributed by atoms with Crippen molar-refractivity contribution in [1.82, 2.24) is 5.32 Å². The van der Waals surface area contributed by atoms with E-state index in [-0.39, 0.29) is 17.2 Å². The number of alkyl halides is 1. The summed E-state index contributed by atoms with van der Waals surface area (Å²) in [5.41, 5.74) is 0. The molecule has 0 aromatic heterocycles. The molecule has 0 heterocycles. The van der Waals surface area contributed by atoms with Crippen LogP contribution < -0.4 is 5.32 Å². The molecular formula is C15H26ClNO. The summed E-state index contributed by atoms with van der Waals surface area (Å²) in [6.45, 7) is 4.98. The molecule has 2 rings (SSSR count). The Hall–Kier alpha value is -0.240. The third kappa shape index (κ3) is 3.01. The molecule has 1 amide bonds. The summed E-state index contributed by atoms with van der Waals surface area (Å²) < 4.78 is 0. The Labute approximate surface area is 116 Å². The van der Waals surface area contributed by atoms with Crippen molar-refractivity contribution in [3.8, 4) is 0 Å². The molecule has 4 atom stereocenters. The third-order valence-electron chi connectivity index (χ3n) is 5.11. The molecule has 2 aliphatic carbocycles. The van der Waals surface area contributed by atoms with E-state index in [9.17, 15) is 4.79 Å². The lowest BCUT2D eigenvalue weighted by atomic mass is 9.88. The smallest absolute Gasteiger partial charge is 0.223 e. The van der Waals surface area contributed by atoms with E-state index in [1.54, 1.807) is 0 Å². The molecular weight excluding hydrogens is 246 g/mol. The van der Waals surface area contributed by atoms with Gasteiger partial charge in [-0.3, -0.25) is 4.79 Å². The quantitative estimate of drug-likeness (QED) is 0.735. The van der Waals surface area contributed by atoms with Crippen LogP contribution in [0.1, 0.15) is 52.4 Å². The number of carbonyl (C=O) groups excluding carboxylic acids is 1. The maximum Gasteiger partial charge on any atom is 0.223 e. The Balaban J connectivity index is 1.75. The number of amides is 1. The zero-order valence-electron chi connectivity index (χ0n) is 11.6. The van der Waals surface area contributed by atoms with E-state index in [1.165, 1.54) is 19.3 Å². The summed E-state index contributed by atoms with van der Waals surface area (Å²) in [5.74, 6) is 2.56. The van der Waals surface area contributed by atoms with Crippen molar-refractivity contribution >= 4 is 17.5 Å². The van der Waals surface area contributed by atoms with Crippen molar-refractivity contribution in [1.29, 1.82) is 0 Å². The van der Waals surface area contributed by atoms with Gasteiger partial charge >= 0.3 is 0 Å². The lowest BCUT2D eigenvalue weighted by Crippen LogP contribution is -2.38. The standard InChI is InChI=1S/C15H26ClNO/c1-3-11(4-2)14(16)9-17-15(18)13-8-10-5-6-12(13)7-10/h10-14H,3-9H2,1-2H3,(H,17,18). The minimum absolute atomic E-state index is 0.0857. The van der Waals surface area contributed by atoms with E-state index in [2.05, 4.69) is 19.2 Å². The van der Waals surface area contributed by atoms with Crippen LogP contribution in [0.5, 0.6) is 0 Å². The van der Waals surface area contributed by atoms with Crippen LogP contribution in [0.4, 0.5) is 0 Å². The molecule has 1 N–H and O–H groups in total. The van der Waals surface area contributed by atoms with Gasteiger partial charge in [0.2, 0.25) is 5.91 Å². The lowest BCUT2D eigenvalue weighted by molar-refractivity contribution is -0.126. The van der Waals surface area contributed by atoms with Crippen LogP contribution in [0.2, 0.25) is 0 Å². The normalized spacial score (nSPS) is 31.9.